The highest BCUT2D eigenvalue weighted by molar-refractivity contribution is 5.17. The second-order valence-corrected chi connectivity index (χ2v) is 11.2. The summed E-state index contributed by atoms with van der Waals surface area (Å²) in [5, 5.41) is 0. The van der Waals surface area contributed by atoms with E-state index in [4.69, 9.17) is 0 Å². The number of hydrogen-bond donors (Lipinski definition) is 0. The van der Waals surface area contributed by atoms with Crippen LogP contribution in [0.3, 0.4) is 0 Å². The Balaban J connectivity index is 2.90. The lowest BCUT2D eigenvalue weighted by atomic mass is 9.61. The van der Waals surface area contributed by atoms with E-state index >= 15 is 0 Å². The molecule has 0 heteroatoms. The third-order valence-electron chi connectivity index (χ3n) is 7.56. The minimum Gasteiger partial charge on any atom is -0.103 e. The summed E-state index contributed by atoms with van der Waals surface area (Å²) in [4.78, 5) is 0. The van der Waals surface area contributed by atoms with Crippen LogP contribution >= 0.6 is 0 Å². The van der Waals surface area contributed by atoms with Crippen LogP contribution in [-0.4, -0.2) is 0 Å². The Kier molecular flexibility index (Phi) is 12.0. The standard InChI is InChI=1S/C30H52/c1-10-25(6)16-12-20-30(9,21-13-17-26(7)15-11-14-23(2)3)29-22-27(8)18-19-28(29)24(4)5/h10,17,22-23,25,28-29H,1,4,11-16,18-21H2,2-3,5-9H3. The molecule has 1 rings (SSSR count). The molecule has 172 valence electrons. The molecule has 0 spiro atoms. The Hall–Kier alpha value is -1.04. The van der Waals surface area contributed by atoms with Gasteiger partial charge in [0.05, 0.1) is 0 Å². The molecule has 1 aliphatic carbocycles. The van der Waals surface area contributed by atoms with E-state index in [1.165, 1.54) is 69.8 Å². The van der Waals surface area contributed by atoms with Crippen molar-refractivity contribution in [2.75, 3.05) is 0 Å². The average molecular weight is 413 g/mol. The molecule has 0 saturated carbocycles. The van der Waals surface area contributed by atoms with Crippen molar-refractivity contribution < 1.29 is 0 Å². The van der Waals surface area contributed by atoms with Gasteiger partial charge in [-0.2, -0.15) is 0 Å². The lowest BCUT2D eigenvalue weighted by Crippen LogP contribution is -2.34. The average Bonchev–Trinajstić information content (AvgIpc) is 2.67. The van der Waals surface area contributed by atoms with Crippen molar-refractivity contribution in [2.24, 2.45) is 29.1 Å². The minimum absolute atomic E-state index is 0.348. The first-order valence-corrected chi connectivity index (χ1v) is 12.7. The van der Waals surface area contributed by atoms with Crippen LogP contribution in [0, 0.1) is 29.1 Å². The van der Waals surface area contributed by atoms with Gasteiger partial charge < -0.3 is 0 Å². The van der Waals surface area contributed by atoms with Gasteiger partial charge in [-0.25, -0.2) is 0 Å². The molecule has 0 aromatic carbocycles. The molecule has 0 fully saturated rings. The summed E-state index contributed by atoms with van der Waals surface area (Å²) < 4.78 is 0. The molecule has 0 radical (unpaired) electrons. The predicted octanol–water partition coefficient (Wildman–Crippen LogP) is 10.1. The molecule has 1 aliphatic rings. The number of rotatable bonds is 14. The topological polar surface area (TPSA) is 0 Å². The second kappa shape index (κ2) is 13.4. The van der Waals surface area contributed by atoms with E-state index in [2.05, 4.69) is 79.9 Å². The Morgan fingerprint density at radius 1 is 1.17 bits per heavy atom. The Labute approximate surface area is 190 Å². The van der Waals surface area contributed by atoms with Gasteiger partial charge in [-0.3, -0.25) is 0 Å². The van der Waals surface area contributed by atoms with Crippen molar-refractivity contribution in [1.29, 1.82) is 0 Å². The Morgan fingerprint density at radius 2 is 1.87 bits per heavy atom. The first-order valence-electron chi connectivity index (χ1n) is 12.7. The first-order chi connectivity index (χ1) is 14.1. The van der Waals surface area contributed by atoms with Gasteiger partial charge in [-0.1, -0.05) is 82.1 Å². The van der Waals surface area contributed by atoms with E-state index in [-0.39, 0.29) is 0 Å². The summed E-state index contributed by atoms with van der Waals surface area (Å²) in [5.41, 5.74) is 4.91. The van der Waals surface area contributed by atoms with E-state index < -0.39 is 0 Å². The van der Waals surface area contributed by atoms with Gasteiger partial charge in [0.1, 0.15) is 0 Å². The number of hydrogen-bond acceptors (Lipinski definition) is 0. The third kappa shape index (κ3) is 9.40. The predicted molar refractivity (Wildman–Crippen MR) is 138 cm³/mol. The molecule has 0 heterocycles. The highest BCUT2D eigenvalue weighted by atomic mass is 14.4. The molecule has 4 atom stereocenters. The monoisotopic (exact) mass is 412 g/mol. The van der Waals surface area contributed by atoms with Crippen molar-refractivity contribution in [3.8, 4) is 0 Å². The summed E-state index contributed by atoms with van der Waals surface area (Å²) in [7, 11) is 0. The quantitative estimate of drug-likeness (QED) is 0.249. The normalized spacial score (nSPS) is 23.1. The summed E-state index contributed by atoms with van der Waals surface area (Å²) in [5.74, 6) is 2.72. The molecule has 0 bridgehead atoms. The minimum atomic E-state index is 0.348. The Morgan fingerprint density at radius 3 is 2.47 bits per heavy atom. The van der Waals surface area contributed by atoms with Gasteiger partial charge in [-0.15, -0.1) is 6.58 Å². The van der Waals surface area contributed by atoms with Crippen molar-refractivity contribution >= 4 is 0 Å². The van der Waals surface area contributed by atoms with Crippen molar-refractivity contribution in [3.05, 3.63) is 48.1 Å². The van der Waals surface area contributed by atoms with Crippen molar-refractivity contribution in [2.45, 2.75) is 113 Å². The summed E-state index contributed by atoms with van der Waals surface area (Å²) >= 11 is 0. The molecule has 0 aromatic heterocycles. The third-order valence-corrected chi connectivity index (χ3v) is 7.56. The molecular weight excluding hydrogens is 360 g/mol. The molecule has 0 aromatic rings. The molecule has 0 nitrogen and oxygen atoms in total. The van der Waals surface area contributed by atoms with Crippen LogP contribution in [0.25, 0.3) is 0 Å². The van der Waals surface area contributed by atoms with Gasteiger partial charge in [0.15, 0.2) is 0 Å². The fraction of sp³-hybridized carbons (Fsp3) is 0.733. The molecular formula is C30H52. The molecule has 30 heavy (non-hydrogen) atoms. The van der Waals surface area contributed by atoms with Crippen LogP contribution in [0.15, 0.2) is 48.1 Å². The van der Waals surface area contributed by atoms with Crippen LogP contribution in [-0.2, 0) is 0 Å². The zero-order valence-electron chi connectivity index (χ0n) is 21.5. The maximum atomic E-state index is 4.39. The lowest BCUT2D eigenvalue weighted by Gasteiger charge is -2.44. The summed E-state index contributed by atoms with van der Waals surface area (Å²) in [6.07, 6.45) is 20.1. The van der Waals surface area contributed by atoms with E-state index in [1.807, 2.05) is 0 Å². The highest BCUT2D eigenvalue weighted by Crippen LogP contribution is 2.49. The van der Waals surface area contributed by atoms with Gasteiger partial charge in [0.25, 0.3) is 0 Å². The molecule has 0 aliphatic heterocycles. The van der Waals surface area contributed by atoms with E-state index in [9.17, 15) is 0 Å². The van der Waals surface area contributed by atoms with Crippen LogP contribution in [0.4, 0.5) is 0 Å². The van der Waals surface area contributed by atoms with Gasteiger partial charge in [0, 0.05) is 0 Å². The summed E-state index contributed by atoms with van der Waals surface area (Å²) in [6.45, 7) is 24.8. The van der Waals surface area contributed by atoms with E-state index in [0.717, 1.165) is 5.92 Å². The van der Waals surface area contributed by atoms with Crippen molar-refractivity contribution in [1.82, 2.24) is 0 Å². The van der Waals surface area contributed by atoms with Gasteiger partial charge >= 0.3 is 0 Å². The fourth-order valence-corrected chi connectivity index (χ4v) is 5.25. The van der Waals surface area contributed by atoms with Crippen LogP contribution in [0.2, 0.25) is 0 Å². The maximum Gasteiger partial charge on any atom is -0.0111 e. The largest absolute Gasteiger partial charge is 0.103 e. The molecule has 0 saturated heterocycles. The lowest BCUT2D eigenvalue weighted by molar-refractivity contribution is 0.133. The zero-order valence-corrected chi connectivity index (χ0v) is 21.5. The molecule has 4 unspecified atom stereocenters. The second-order valence-electron chi connectivity index (χ2n) is 11.2. The van der Waals surface area contributed by atoms with Crippen LogP contribution in [0.5, 0.6) is 0 Å². The van der Waals surface area contributed by atoms with E-state index in [0.29, 0.717) is 23.2 Å². The smallest absolute Gasteiger partial charge is 0.0111 e. The first kappa shape index (κ1) is 27.0. The van der Waals surface area contributed by atoms with E-state index in [1.54, 1.807) is 11.1 Å². The van der Waals surface area contributed by atoms with Gasteiger partial charge in [-0.05, 0) is 101 Å². The highest BCUT2D eigenvalue weighted by Gasteiger charge is 2.38. The molecule has 0 amide bonds. The summed E-state index contributed by atoms with van der Waals surface area (Å²) in [6, 6.07) is 0. The fourth-order valence-electron chi connectivity index (χ4n) is 5.25. The zero-order chi connectivity index (χ0) is 22.7. The maximum absolute atomic E-state index is 4.39. The SMILES string of the molecule is C=CC(C)CCCC(C)(CCC=C(C)CCCC(C)C)C1C=C(C)CCC1C(=C)C. The van der Waals surface area contributed by atoms with Crippen molar-refractivity contribution in [3.63, 3.8) is 0 Å². The van der Waals surface area contributed by atoms with Crippen LogP contribution < -0.4 is 0 Å². The number of allylic oxidation sites excluding steroid dienone is 6. The van der Waals surface area contributed by atoms with Gasteiger partial charge in [0.2, 0.25) is 0 Å². The van der Waals surface area contributed by atoms with Crippen LogP contribution in [0.1, 0.15) is 113 Å². The molecule has 0 N–H and O–H groups in total. The Bertz CT molecular complexity index is 587.